The second kappa shape index (κ2) is 5.16. The summed E-state index contributed by atoms with van der Waals surface area (Å²) in [5.41, 5.74) is 6.90. The lowest BCUT2D eigenvalue weighted by atomic mass is 10.2. The molecule has 6 nitrogen and oxygen atoms in total. The van der Waals surface area contributed by atoms with Crippen molar-refractivity contribution in [3.63, 3.8) is 0 Å². The Kier molecular flexibility index (Phi) is 3.59. The van der Waals surface area contributed by atoms with Gasteiger partial charge in [0.25, 0.3) is 5.69 Å². The largest absolute Gasteiger partial charge is 0.326 e. The maximum Gasteiger partial charge on any atom is 0.275 e. The van der Waals surface area contributed by atoms with E-state index in [1.807, 2.05) is 0 Å². The predicted octanol–water partition coefficient (Wildman–Crippen LogP) is 1.95. The molecule has 0 aliphatic carbocycles. The van der Waals surface area contributed by atoms with Crippen LogP contribution in [0.15, 0.2) is 30.6 Å². The lowest BCUT2D eigenvalue weighted by Crippen LogP contribution is -2.03. The third-order valence-electron chi connectivity index (χ3n) is 2.50. The second-order valence-electron chi connectivity index (χ2n) is 3.78. The summed E-state index contributed by atoms with van der Waals surface area (Å²) in [6, 6.07) is 4.59. The molecule has 0 radical (unpaired) electrons. The summed E-state index contributed by atoms with van der Waals surface area (Å²) in [5, 5.41) is 15.4. The SMILES string of the molecule is NCc1cnn(Cc2ccc(Cl)cc2[N+](=O)[O-])c1. The fraction of sp³-hybridized carbons (Fsp3) is 0.182. The summed E-state index contributed by atoms with van der Waals surface area (Å²) < 4.78 is 1.61. The van der Waals surface area contributed by atoms with Crippen LogP contribution in [-0.4, -0.2) is 14.7 Å². The predicted molar refractivity (Wildman–Crippen MR) is 67.3 cm³/mol. The van der Waals surface area contributed by atoms with Gasteiger partial charge in [-0.05, 0) is 12.1 Å². The summed E-state index contributed by atoms with van der Waals surface area (Å²) >= 11 is 5.75. The molecule has 0 atom stereocenters. The molecule has 18 heavy (non-hydrogen) atoms. The van der Waals surface area contributed by atoms with Gasteiger partial charge in [0.15, 0.2) is 0 Å². The summed E-state index contributed by atoms with van der Waals surface area (Å²) in [7, 11) is 0. The highest BCUT2D eigenvalue weighted by Crippen LogP contribution is 2.23. The van der Waals surface area contributed by atoms with Crippen LogP contribution in [0.25, 0.3) is 0 Å². The summed E-state index contributed by atoms with van der Waals surface area (Å²) in [5.74, 6) is 0. The third-order valence-corrected chi connectivity index (χ3v) is 2.73. The van der Waals surface area contributed by atoms with Crippen molar-refractivity contribution in [1.29, 1.82) is 0 Å². The minimum absolute atomic E-state index is 0.00713. The number of nitro benzene ring substituents is 1. The number of nitrogens with two attached hydrogens (primary N) is 1. The number of aromatic nitrogens is 2. The first-order valence-electron chi connectivity index (χ1n) is 5.24. The molecule has 0 aliphatic rings. The summed E-state index contributed by atoms with van der Waals surface area (Å²) in [6.45, 7) is 0.705. The molecule has 0 unspecified atom stereocenters. The molecule has 0 fully saturated rings. The van der Waals surface area contributed by atoms with Gasteiger partial charge in [0.05, 0.1) is 23.2 Å². The maximum absolute atomic E-state index is 10.9. The average Bonchev–Trinajstić information content (AvgIpc) is 2.79. The van der Waals surface area contributed by atoms with Gasteiger partial charge >= 0.3 is 0 Å². The molecule has 2 aromatic rings. The van der Waals surface area contributed by atoms with Gasteiger partial charge in [-0.15, -0.1) is 0 Å². The Balaban J connectivity index is 2.30. The van der Waals surface area contributed by atoms with Gasteiger partial charge in [-0.2, -0.15) is 5.10 Å². The zero-order valence-corrected chi connectivity index (χ0v) is 10.2. The molecule has 0 bridgehead atoms. The van der Waals surface area contributed by atoms with E-state index in [1.54, 1.807) is 29.2 Å². The van der Waals surface area contributed by atoms with Gasteiger partial charge in [0.2, 0.25) is 0 Å². The van der Waals surface area contributed by atoms with Crippen molar-refractivity contribution in [3.05, 3.63) is 56.9 Å². The molecule has 1 heterocycles. The molecule has 94 valence electrons. The zero-order chi connectivity index (χ0) is 13.1. The number of nitrogens with zero attached hydrogens (tertiary/aromatic N) is 3. The van der Waals surface area contributed by atoms with Crippen molar-refractivity contribution in [2.45, 2.75) is 13.1 Å². The number of rotatable bonds is 4. The molecule has 2 rings (SSSR count). The molecule has 0 aliphatic heterocycles. The lowest BCUT2D eigenvalue weighted by Gasteiger charge is -2.03. The van der Waals surface area contributed by atoms with E-state index in [0.717, 1.165) is 5.56 Å². The summed E-state index contributed by atoms with van der Waals surface area (Å²) in [6.07, 6.45) is 3.40. The Morgan fingerprint density at radius 1 is 1.50 bits per heavy atom. The average molecular weight is 267 g/mol. The van der Waals surface area contributed by atoms with E-state index in [4.69, 9.17) is 17.3 Å². The van der Waals surface area contributed by atoms with Crippen molar-refractivity contribution in [2.24, 2.45) is 5.73 Å². The topological polar surface area (TPSA) is 87.0 Å². The normalized spacial score (nSPS) is 10.6. The van der Waals surface area contributed by atoms with E-state index in [0.29, 0.717) is 23.7 Å². The highest BCUT2D eigenvalue weighted by Gasteiger charge is 2.14. The van der Waals surface area contributed by atoms with Crippen LogP contribution in [0.2, 0.25) is 5.02 Å². The fourth-order valence-corrected chi connectivity index (χ4v) is 1.78. The first-order chi connectivity index (χ1) is 8.60. The van der Waals surface area contributed by atoms with Gasteiger partial charge < -0.3 is 5.73 Å². The van der Waals surface area contributed by atoms with Crippen LogP contribution in [0.1, 0.15) is 11.1 Å². The number of halogens is 1. The second-order valence-corrected chi connectivity index (χ2v) is 4.22. The third kappa shape index (κ3) is 2.66. The van der Waals surface area contributed by atoms with Gasteiger partial charge in [-0.3, -0.25) is 14.8 Å². The van der Waals surface area contributed by atoms with E-state index in [1.165, 1.54) is 6.07 Å². The number of hydrogen-bond donors (Lipinski definition) is 1. The lowest BCUT2D eigenvalue weighted by molar-refractivity contribution is -0.385. The minimum atomic E-state index is -0.450. The minimum Gasteiger partial charge on any atom is -0.326 e. The zero-order valence-electron chi connectivity index (χ0n) is 9.41. The maximum atomic E-state index is 10.9. The molecule has 1 aromatic carbocycles. The highest BCUT2D eigenvalue weighted by molar-refractivity contribution is 6.30. The molecule has 1 aromatic heterocycles. The Morgan fingerprint density at radius 3 is 2.89 bits per heavy atom. The molecular formula is C11H11ClN4O2. The molecule has 0 saturated carbocycles. The Labute approximate surface area is 108 Å². The van der Waals surface area contributed by atoms with E-state index in [-0.39, 0.29) is 5.69 Å². The van der Waals surface area contributed by atoms with E-state index >= 15 is 0 Å². The van der Waals surface area contributed by atoms with Gasteiger partial charge in [-0.1, -0.05) is 11.6 Å². The summed E-state index contributed by atoms with van der Waals surface area (Å²) in [4.78, 5) is 10.5. The number of nitro groups is 1. The van der Waals surface area contributed by atoms with Crippen LogP contribution >= 0.6 is 11.6 Å². The Hall–Kier alpha value is -1.92. The number of benzene rings is 1. The standard InChI is InChI=1S/C11H11ClN4O2/c12-10-2-1-9(11(3-10)16(17)18)7-15-6-8(4-13)5-14-15/h1-3,5-6H,4,7,13H2. The van der Waals surface area contributed by atoms with E-state index in [9.17, 15) is 10.1 Å². The Morgan fingerprint density at radius 2 is 2.28 bits per heavy atom. The van der Waals surface area contributed by atoms with E-state index < -0.39 is 4.92 Å². The van der Waals surface area contributed by atoms with Crippen molar-refractivity contribution in [1.82, 2.24) is 9.78 Å². The molecular weight excluding hydrogens is 256 g/mol. The van der Waals surface area contributed by atoms with Crippen LogP contribution < -0.4 is 5.73 Å². The smallest absolute Gasteiger partial charge is 0.275 e. The quantitative estimate of drug-likeness (QED) is 0.677. The first-order valence-corrected chi connectivity index (χ1v) is 5.62. The van der Waals surface area contributed by atoms with Crippen molar-refractivity contribution >= 4 is 17.3 Å². The van der Waals surface area contributed by atoms with Gasteiger partial charge in [0, 0.05) is 29.4 Å². The molecule has 0 amide bonds. The highest BCUT2D eigenvalue weighted by atomic mass is 35.5. The van der Waals surface area contributed by atoms with E-state index in [2.05, 4.69) is 5.10 Å². The first kappa shape index (κ1) is 12.5. The molecule has 0 saturated heterocycles. The molecule has 7 heteroatoms. The van der Waals surface area contributed by atoms with Gasteiger partial charge in [0.1, 0.15) is 0 Å². The van der Waals surface area contributed by atoms with Gasteiger partial charge in [-0.25, -0.2) is 0 Å². The van der Waals surface area contributed by atoms with Crippen molar-refractivity contribution in [3.8, 4) is 0 Å². The van der Waals surface area contributed by atoms with Crippen LogP contribution in [0.4, 0.5) is 5.69 Å². The fourth-order valence-electron chi connectivity index (χ4n) is 1.61. The number of hydrogen-bond acceptors (Lipinski definition) is 4. The van der Waals surface area contributed by atoms with Crippen molar-refractivity contribution < 1.29 is 4.92 Å². The molecule has 2 N–H and O–H groups in total. The Bertz CT molecular complexity index is 582. The van der Waals surface area contributed by atoms with Crippen LogP contribution in [0.3, 0.4) is 0 Å². The monoisotopic (exact) mass is 266 g/mol. The molecule has 0 spiro atoms. The van der Waals surface area contributed by atoms with Crippen molar-refractivity contribution in [2.75, 3.05) is 0 Å². The van der Waals surface area contributed by atoms with Crippen LogP contribution in [-0.2, 0) is 13.1 Å². The van der Waals surface area contributed by atoms with Crippen LogP contribution in [0, 0.1) is 10.1 Å². The van der Waals surface area contributed by atoms with Crippen LogP contribution in [0.5, 0.6) is 0 Å².